The number of imidazole rings is 1. The molecular weight excluding hydrogens is 398 g/mol. The molecule has 0 spiro atoms. The molecule has 3 aliphatic heterocycles. The molecule has 4 rings (SSSR count). The Morgan fingerprint density at radius 2 is 1.97 bits per heavy atom. The monoisotopic (exact) mass is 431 g/mol. The molecule has 9 heteroatoms. The normalized spacial score (nSPS) is 22.2. The van der Waals surface area contributed by atoms with Crippen LogP contribution in [0.5, 0.6) is 0 Å². The summed E-state index contributed by atoms with van der Waals surface area (Å²) in [6.45, 7) is 3.79. The molecule has 2 N–H and O–H groups in total. The van der Waals surface area contributed by atoms with Crippen LogP contribution >= 0.6 is 0 Å². The number of likely N-dealkylation sites (tertiary alicyclic amines) is 2. The van der Waals surface area contributed by atoms with Crippen LogP contribution in [0.25, 0.3) is 6.08 Å². The minimum atomic E-state index is -0.236. The standard InChI is InChI=1S/C22H33N5O4/c1-31-14-13-26-10-3-2-5-16(21(26)29)15-19(28)25-11-7-17(8-12-25)27-18-6-4-9-23-20(18)24-22(27)30/h4,6,16-17,23H,2-3,5,7-15H2,1H3,(H,24,30)/t16-/m0/s1. The SMILES string of the molecule is COCCN1CCCC[C@@H](CC(=O)N2CCC(n3c4c([nH]c3=O)NCC=C4)CC2)C1=O. The molecule has 9 nitrogen and oxygen atoms in total. The van der Waals surface area contributed by atoms with Crippen molar-refractivity contribution in [2.75, 3.05) is 51.8 Å². The Kier molecular flexibility index (Phi) is 6.80. The van der Waals surface area contributed by atoms with E-state index in [4.69, 9.17) is 4.74 Å². The first-order valence-electron chi connectivity index (χ1n) is 11.4. The van der Waals surface area contributed by atoms with Crippen LogP contribution in [0.3, 0.4) is 0 Å². The smallest absolute Gasteiger partial charge is 0.327 e. The van der Waals surface area contributed by atoms with Gasteiger partial charge in [0, 0.05) is 58.2 Å². The Hall–Kier alpha value is -2.55. The van der Waals surface area contributed by atoms with Gasteiger partial charge in [0.1, 0.15) is 5.82 Å². The van der Waals surface area contributed by atoms with Crippen molar-refractivity contribution in [3.05, 3.63) is 22.3 Å². The van der Waals surface area contributed by atoms with Crippen LogP contribution in [0.1, 0.15) is 50.3 Å². The maximum Gasteiger partial charge on any atom is 0.327 e. The summed E-state index contributed by atoms with van der Waals surface area (Å²) < 4.78 is 6.95. The first-order chi connectivity index (χ1) is 15.1. The second-order valence-electron chi connectivity index (χ2n) is 8.67. The number of nitrogens with one attached hydrogen (secondary N) is 2. The number of carbonyl (C=O) groups is 2. The molecule has 170 valence electrons. The summed E-state index contributed by atoms with van der Waals surface area (Å²) in [5, 5.41) is 3.19. The summed E-state index contributed by atoms with van der Waals surface area (Å²) >= 11 is 0. The zero-order valence-electron chi connectivity index (χ0n) is 18.3. The Labute approximate surface area is 182 Å². The van der Waals surface area contributed by atoms with E-state index in [2.05, 4.69) is 10.3 Å². The Morgan fingerprint density at radius 1 is 1.16 bits per heavy atom. The van der Waals surface area contributed by atoms with Crippen LogP contribution in [0.2, 0.25) is 0 Å². The van der Waals surface area contributed by atoms with Gasteiger partial charge >= 0.3 is 5.69 Å². The predicted molar refractivity (Wildman–Crippen MR) is 118 cm³/mol. The molecule has 3 aliphatic rings. The van der Waals surface area contributed by atoms with Crippen molar-refractivity contribution in [3.8, 4) is 0 Å². The Balaban J connectivity index is 1.34. The second kappa shape index (κ2) is 9.72. The van der Waals surface area contributed by atoms with Gasteiger partial charge in [0.05, 0.1) is 12.3 Å². The first kappa shape index (κ1) is 21.7. The van der Waals surface area contributed by atoms with Crippen LogP contribution < -0.4 is 11.0 Å². The summed E-state index contributed by atoms with van der Waals surface area (Å²) in [4.78, 5) is 44.9. The van der Waals surface area contributed by atoms with Crippen molar-refractivity contribution < 1.29 is 14.3 Å². The van der Waals surface area contributed by atoms with Crippen LogP contribution in [0.4, 0.5) is 5.82 Å². The number of carbonyl (C=O) groups excluding carboxylic acids is 2. The molecular formula is C22H33N5O4. The van der Waals surface area contributed by atoms with Gasteiger partial charge in [-0.15, -0.1) is 0 Å². The van der Waals surface area contributed by atoms with Gasteiger partial charge in [-0.2, -0.15) is 0 Å². The molecule has 2 saturated heterocycles. The van der Waals surface area contributed by atoms with Gasteiger partial charge in [-0.25, -0.2) is 4.79 Å². The molecule has 1 aromatic heterocycles. The summed E-state index contributed by atoms with van der Waals surface area (Å²) in [7, 11) is 1.64. The van der Waals surface area contributed by atoms with Crippen molar-refractivity contribution in [2.45, 2.75) is 44.6 Å². The lowest BCUT2D eigenvalue weighted by Crippen LogP contribution is -2.43. The van der Waals surface area contributed by atoms with Crippen LogP contribution in [0.15, 0.2) is 10.9 Å². The van der Waals surface area contributed by atoms with Gasteiger partial charge in [0.15, 0.2) is 0 Å². The molecule has 31 heavy (non-hydrogen) atoms. The summed E-state index contributed by atoms with van der Waals surface area (Å²) in [5.74, 6) is 0.675. The van der Waals surface area contributed by atoms with Crippen LogP contribution in [0, 0.1) is 5.92 Å². The minimum Gasteiger partial charge on any atom is -0.383 e. The maximum atomic E-state index is 13.0. The Morgan fingerprint density at radius 3 is 2.74 bits per heavy atom. The topological polar surface area (TPSA) is 99.7 Å². The first-order valence-corrected chi connectivity index (χ1v) is 11.4. The number of aromatic nitrogens is 2. The molecule has 0 unspecified atom stereocenters. The van der Waals surface area contributed by atoms with Crippen molar-refractivity contribution in [1.82, 2.24) is 19.4 Å². The molecule has 4 heterocycles. The van der Waals surface area contributed by atoms with E-state index in [1.165, 1.54) is 0 Å². The highest BCUT2D eigenvalue weighted by Crippen LogP contribution is 2.28. The van der Waals surface area contributed by atoms with Crippen molar-refractivity contribution in [2.24, 2.45) is 5.92 Å². The lowest BCUT2D eigenvalue weighted by molar-refractivity contribution is -0.141. The largest absolute Gasteiger partial charge is 0.383 e. The average molecular weight is 432 g/mol. The fourth-order valence-corrected chi connectivity index (χ4v) is 4.96. The molecule has 0 saturated carbocycles. The third kappa shape index (κ3) is 4.71. The highest BCUT2D eigenvalue weighted by Gasteiger charge is 2.32. The quantitative estimate of drug-likeness (QED) is 0.710. The zero-order valence-corrected chi connectivity index (χ0v) is 18.3. The van der Waals surface area contributed by atoms with Crippen molar-refractivity contribution in [3.63, 3.8) is 0 Å². The van der Waals surface area contributed by atoms with Gasteiger partial charge in [-0.05, 0) is 31.8 Å². The van der Waals surface area contributed by atoms with E-state index in [1.807, 2.05) is 26.5 Å². The number of piperidine rings is 1. The molecule has 0 bridgehead atoms. The number of hydrogen-bond acceptors (Lipinski definition) is 5. The summed E-state index contributed by atoms with van der Waals surface area (Å²) in [6, 6.07) is 0.0742. The number of nitrogens with zero attached hydrogens (tertiary/aromatic N) is 3. The lowest BCUT2D eigenvalue weighted by atomic mass is 9.96. The van der Waals surface area contributed by atoms with E-state index in [0.717, 1.165) is 50.2 Å². The molecule has 1 aromatic rings. The van der Waals surface area contributed by atoms with Crippen molar-refractivity contribution in [1.29, 1.82) is 0 Å². The van der Waals surface area contributed by atoms with Crippen LogP contribution in [-0.4, -0.2) is 77.6 Å². The average Bonchev–Trinajstić information content (AvgIpc) is 3.02. The van der Waals surface area contributed by atoms with Crippen LogP contribution in [-0.2, 0) is 14.3 Å². The fourth-order valence-electron chi connectivity index (χ4n) is 4.96. The number of ether oxygens (including phenoxy) is 1. The van der Waals surface area contributed by atoms with Crippen molar-refractivity contribution >= 4 is 23.7 Å². The number of anilines is 1. The highest BCUT2D eigenvalue weighted by molar-refractivity contribution is 5.86. The van der Waals surface area contributed by atoms with E-state index in [0.29, 0.717) is 32.8 Å². The fraction of sp³-hybridized carbons (Fsp3) is 0.682. The van der Waals surface area contributed by atoms with Gasteiger partial charge < -0.3 is 19.9 Å². The van der Waals surface area contributed by atoms with Gasteiger partial charge in [-0.1, -0.05) is 12.5 Å². The molecule has 1 atom stereocenters. The van der Waals surface area contributed by atoms with Gasteiger partial charge in [0.25, 0.3) is 0 Å². The Bertz CT molecular complexity index is 881. The third-order valence-electron chi connectivity index (χ3n) is 6.70. The number of fused-ring (bicyclic) bond motifs is 1. The second-order valence-corrected chi connectivity index (χ2v) is 8.67. The van der Waals surface area contributed by atoms with E-state index < -0.39 is 0 Å². The number of rotatable bonds is 6. The molecule has 0 radical (unpaired) electrons. The number of H-pyrrole nitrogens is 1. The number of hydrogen-bond donors (Lipinski definition) is 2. The van der Waals surface area contributed by atoms with Gasteiger partial charge in [-0.3, -0.25) is 19.1 Å². The van der Waals surface area contributed by atoms with E-state index >= 15 is 0 Å². The zero-order chi connectivity index (χ0) is 21.8. The number of amides is 2. The third-order valence-corrected chi connectivity index (χ3v) is 6.70. The molecule has 2 amide bonds. The minimum absolute atomic E-state index is 0.0513. The van der Waals surface area contributed by atoms with E-state index in [9.17, 15) is 14.4 Å². The van der Waals surface area contributed by atoms with Gasteiger partial charge in [0.2, 0.25) is 11.8 Å². The van der Waals surface area contributed by atoms with E-state index in [1.54, 1.807) is 7.11 Å². The summed E-state index contributed by atoms with van der Waals surface area (Å²) in [6.07, 6.45) is 8.46. The molecule has 0 aliphatic carbocycles. The molecule has 2 fully saturated rings. The maximum absolute atomic E-state index is 13.0. The predicted octanol–water partition coefficient (Wildman–Crippen LogP) is 1.44. The van der Waals surface area contributed by atoms with E-state index in [-0.39, 0.29) is 35.9 Å². The number of methoxy groups -OCH3 is 1. The molecule has 0 aromatic carbocycles. The highest BCUT2D eigenvalue weighted by atomic mass is 16.5. The lowest BCUT2D eigenvalue weighted by Gasteiger charge is -2.34. The number of aromatic amines is 1. The summed E-state index contributed by atoms with van der Waals surface area (Å²) in [5.41, 5.74) is 0.787.